The third-order valence-electron chi connectivity index (χ3n) is 8.21. The van der Waals surface area contributed by atoms with Crippen LogP contribution in [0.15, 0.2) is 24.3 Å². The van der Waals surface area contributed by atoms with Crippen LogP contribution in [0.5, 0.6) is 5.75 Å². The second-order valence-corrected chi connectivity index (χ2v) is 10.5. The highest BCUT2D eigenvalue weighted by Crippen LogP contribution is 2.38. The predicted octanol–water partition coefficient (Wildman–Crippen LogP) is 8.99. The first-order valence-corrected chi connectivity index (χ1v) is 13.5. The fourth-order valence-corrected chi connectivity index (χ4v) is 6.06. The van der Waals surface area contributed by atoms with E-state index in [-0.39, 0.29) is 0 Å². The van der Waals surface area contributed by atoms with Crippen molar-refractivity contribution in [2.75, 3.05) is 6.61 Å². The molecule has 1 heteroatoms. The van der Waals surface area contributed by atoms with Gasteiger partial charge in [-0.3, -0.25) is 0 Å². The zero-order valence-corrected chi connectivity index (χ0v) is 20.0. The van der Waals surface area contributed by atoms with Gasteiger partial charge in [-0.25, -0.2) is 0 Å². The lowest BCUT2D eigenvalue weighted by atomic mass is 9.74. The molecule has 0 atom stereocenters. The molecule has 0 spiro atoms. The van der Waals surface area contributed by atoms with E-state index in [1.807, 2.05) is 6.92 Å². The Balaban J connectivity index is 1.24. The largest absolute Gasteiger partial charge is 0.494 e. The van der Waals surface area contributed by atoms with Crippen LogP contribution in [0.3, 0.4) is 0 Å². The molecule has 0 unspecified atom stereocenters. The normalized spacial score (nSPS) is 27.1. The van der Waals surface area contributed by atoms with Gasteiger partial charge in [0.25, 0.3) is 0 Å². The van der Waals surface area contributed by atoms with Crippen molar-refractivity contribution in [3.63, 3.8) is 0 Å². The van der Waals surface area contributed by atoms with E-state index >= 15 is 0 Å². The highest BCUT2D eigenvalue weighted by molar-refractivity contribution is 5.27. The van der Waals surface area contributed by atoms with Crippen LogP contribution >= 0.6 is 0 Å². The average molecular weight is 413 g/mol. The summed E-state index contributed by atoms with van der Waals surface area (Å²) in [4.78, 5) is 0. The highest BCUT2D eigenvalue weighted by atomic mass is 16.5. The standard InChI is InChI=1S/C29H48O/c1-3-5-6-7-24-8-10-25(11-9-24)12-13-26-14-16-27(17-15-26)18-19-28-20-22-29(23-21-28)30-4-2/h20-27H,3-19H2,1-2H3. The van der Waals surface area contributed by atoms with Gasteiger partial charge in [0.05, 0.1) is 6.61 Å². The second kappa shape index (κ2) is 13.4. The molecule has 0 saturated heterocycles. The lowest BCUT2D eigenvalue weighted by Crippen LogP contribution is -2.18. The molecule has 2 saturated carbocycles. The van der Waals surface area contributed by atoms with Gasteiger partial charge in [-0.2, -0.15) is 0 Å². The molecular formula is C29H48O. The Morgan fingerprint density at radius 3 is 1.63 bits per heavy atom. The number of ether oxygens (including phenoxy) is 1. The maximum absolute atomic E-state index is 5.56. The van der Waals surface area contributed by atoms with E-state index in [2.05, 4.69) is 31.2 Å². The smallest absolute Gasteiger partial charge is 0.119 e. The average Bonchev–Trinajstić information content (AvgIpc) is 2.79. The third-order valence-corrected chi connectivity index (χ3v) is 8.21. The molecule has 0 bridgehead atoms. The lowest BCUT2D eigenvalue weighted by molar-refractivity contribution is 0.208. The summed E-state index contributed by atoms with van der Waals surface area (Å²) >= 11 is 0. The molecule has 30 heavy (non-hydrogen) atoms. The molecule has 1 nitrogen and oxygen atoms in total. The maximum atomic E-state index is 5.56. The van der Waals surface area contributed by atoms with E-state index in [0.717, 1.165) is 36.0 Å². The first kappa shape index (κ1) is 23.7. The van der Waals surface area contributed by atoms with E-state index in [4.69, 9.17) is 4.74 Å². The first-order chi connectivity index (χ1) is 14.8. The van der Waals surface area contributed by atoms with Crippen molar-refractivity contribution in [3.8, 4) is 5.75 Å². The van der Waals surface area contributed by atoms with E-state index < -0.39 is 0 Å². The van der Waals surface area contributed by atoms with E-state index in [1.54, 1.807) is 0 Å². The zero-order chi connectivity index (χ0) is 21.0. The van der Waals surface area contributed by atoms with Crippen LogP contribution in [0.1, 0.15) is 116 Å². The van der Waals surface area contributed by atoms with Gasteiger partial charge in [-0.05, 0) is 61.1 Å². The van der Waals surface area contributed by atoms with Crippen molar-refractivity contribution in [2.24, 2.45) is 23.7 Å². The topological polar surface area (TPSA) is 9.23 Å². The molecule has 2 aliphatic carbocycles. The second-order valence-electron chi connectivity index (χ2n) is 10.5. The molecule has 0 aliphatic heterocycles. The fraction of sp³-hybridized carbons (Fsp3) is 0.793. The molecule has 0 heterocycles. The fourth-order valence-electron chi connectivity index (χ4n) is 6.06. The number of benzene rings is 1. The minimum atomic E-state index is 0.753. The number of aryl methyl sites for hydroxylation is 1. The summed E-state index contributed by atoms with van der Waals surface area (Å²) in [6, 6.07) is 8.78. The minimum absolute atomic E-state index is 0.753. The SMILES string of the molecule is CCCCCC1CCC(CCC2CCC(CCc3ccc(OCC)cc3)CC2)CC1. The van der Waals surface area contributed by atoms with Crippen molar-refractivity contribution < 1.29 is 4.74 Å². The summed E-state index contributed by atoms with van der Waals surface area (Å²) in [5, 5.41) is 0. The first-order valence-electron chi connectivity index (χ1n) is 13.5. The van der Waals surface area contributed by atoms with Crippen molar-refractivity contribution in [1.82, 2.24) is 0 Å². The molecule has 0 N–H and O–H groups in total. The van der Waals surface area contributed by atoms with Gasteiger partial charge in [-0.15, -0.1) is 0 Å². The van der Waals surface area contributed by atoms with E-state index in [0.29, 0.717) is 0 Å². The summed E-state index contributed by atoms with van der Waals surface area (Å²) in [7, 11) is 0. The molecule has 2 aliphatic rings. The Morgan fingerprint density at radius 2 is 1.13 bits per heavy atom. The quantitative estimate of drug-likeness (QED) is 0.311. The van der Waals surface area contributed by atoms with Crippen LogP contribution in [0.4, 0.5) is 0 Å². The van der Waals surface area contributed by atoms with Gasteiger partial charge >= 0.3 is 0 Å². The Bertz CT molecular complexity index is 546. The molecule has 3 rings (SSSR count). The molecule has 1 aromatic carbocycles. The third kappa shape index (κ3) is 8.27. The molecular weight excluding hydrogens is 364 g/mol. The Labute approximate surface area is 187 Å². The Morgan fingerprint density at radius 1 is 0.633 bits per heavy atom. The van der Waals surface area contributed by atoms with Crippen LogP contribution < -0.4 is 4.74 Å². The summed E-state index contributed by atoms with van der Waals surface area (Å²) in [5.41, 5.74) is 1.48. The van der Waals surface area contributed by atoms with E-state index in [9.17, 15) is 0 Å². The number of rotatable bonds is 12. The van der Waals surface area contributed by atoms with Gasteiger partial charge in [0.1, 0.15) is 5.75 Å². The van der Waals surface area contributed by atoms with Gasteiger partial charge < -0.3 is 4.74 Å². The molecule has 1 aromatic rings. The molecule has 0 aromatic heterocycles. The molecule has 170 valence electrons. The maximum Gasteiger partial charge on any atom is 0.119 e. The Hall–Kier alpha value is -0.980. The van der Waals surface area contributed by atoms with Crippen LogP contribution in [-0.4, -0.2) is 6.61 Å². The number of unbranched alkanes of at least 4 members (excludes halogenated alkanes) is 2. The van der Waals surface area contributed by atoms with Crippen LogP contribution in [0, 0.1) is 23.7 Å². The van der Waals surface area contributed by atoms with Crippen molar-refractivity contribution in [3.05, 3.63) is 29.8 Å². The van der Waals surface area contributed by atoms with Crippen molar-refractivity contribution >= 4 is 0 Å². The number of hydrogen-bond donors (Lipinski definition) is 0. The van der Waals surface area contributed by atoms with Crippen molar-refractivity contribution in [2.45, 2.75) is 117 Å². The summed E-state index contributed by atoms with van der Waals surface area (Å²) in [6.45, 7) is 5.12. The monoisotopic (exact) mass is 412 g/mol. The summed E-state index contributed by atoms with van der Waals surface area (Å²) < 4.78 is 5.56. The Kier molecular flexibility index (Phi) is 10.6. The van der Waals surface area contributed by atoms with Gasteiger partial charge in [-0.1, -0.05) is 109 Å². The molecule has 0 amide bonds. The zero-order valence-electron chi connectivity index (χ0n) is 20.0. The number of hydrogen-bond acceptors (Lipinski definition) is 1. The summed E-state index contributed by atoms with van der Waals surface area (Å²) in [6.07, 6.45) is 23.6. The van der Waals surface area contributed by atoms with Gasteiger partial charge in [0.15, 0.2) is 0 Å². The minimum Gasteiger partial charge on any atom is -0.494 e. The van der Waals surface area contributed by atoms with Crippen molar-refractivity contribution in [1.29, 1.82) is 0 Å². The van der Waals surface area contributed by atoms with Gasteiger partial charge in [0, 0.05) is 0 Å². The van der Waals surface area contributed by atoms with Crippen LogP contribution in [-0.2, 0) is 6.42 Å². The predicted molar refractivity (Wildman–Crippen MR) is 130 cm³/mol. The van der Waals surface area contributed by atoms with Gasteiger partial charge in [0.2, 0.25) is 0 Å². The van der Waals surface area contributed by atoms with Crippen LogP contribution in [0.25, 0.3) is 0 Å². The van der Waals surface area contributed by atoms with Crippen LogP contribution in [0.2, 0.25) is 0 Å². The van der Waals surface area contributed by atoms with E-state index in [1.165, 1.54) is 108 Å². The highest BCUT2D eigenvalue weighted by Gasteiger charge is 2.24. The lowest BCUT2D eigenvalue weighted by Gasteiger charge is -2.32. The molecule has 0 radical (unpaired) electrons. The summed E-state index contributed by atoms with van der Waals surface area (Å²) in [5.74, 6) is 5.13. The molecule has 2 fully saturated rings.